The number of H-pyrrole nitrogens is 2. The molecule has 0 aliphatic carbocycles. The second-order valence-electron chi connectivity index (χ2n) is 16.7. The van der Waals surface area contributed by atoms with Crippen LogP contribution in [0.5, 0.6) is 0 Å². The number of aromatic nitrogens is 4. The second kappa shape index (κ2) is 22.1. The van der Waals surface area contributed by atoms with Crippen molar-refractivity contribution < 1.29 is 0 Å². The van der Waals surface area contributed by atoms with Gasteiger partial charge in [0.15, 0.2) is 0 Å². The Balaban J connectivity index is 0.000000165. The molecular formula is C48H61ClN8O2. The van der Waals surface area contributed by atoms with E-state index in [-0.39, 0.29) is 17.0 Å². The lowest BCUT2D eigenvalue weighted by Crippen LogP contribution is -2.52. The normalized spacial score (nSPS) is 17.7. The van der Waals surface area contributed by atoms with Crippen LogP contribution in [0.3, 0.4) is 0 Å². The minimum Gasteiger partial charge on any atom is -0.311 e. The molecule has 8 rings (SSSR count). The van der Waals surface area contributed by atoms with Gasteiger partial charge in [0, 0.05) is 64.4 Å². The van der Waals surface area contributed by atoms with Crippen molar-refractivity contribution in [2.45, 2.75) is 78.1 Å². The molecule has 3 N–H and O–H groups in total. The maximum absolute atomic E-state index is 12.4. The van der Waals surface area contributed by atoms with E-state index in [0.717, 1.165) is 62.9 Å². The molecule has 0 bridgehead atoms. The van der Waals surface area contributed by atoms with E-state index in [9.17, 15) is 9.59 Å². The minimum atomic E-state index is -0.138. The van der Waals surface area contributed by atoms with Gasteiger partial charge in [-0.25, -0.2) is 9.97 Å². The second-order valence-corrected chi connectivity index (χ2v) is 16.9. The Morgan fingerprint density at radius 2 is 1.12 bits per heavy atom. The topological polar surface area (TPSA) is 113 Å². The molecule has 0 spiro atoms. The predicted molar refractivity (Wildman–Crippen MR) is 243 cm³/mol. The molecular weight excluding hydrogens is 756 g/mol. The number of piperazine rings is 2. The highest BCUT2D eigenvalue weighted by atomic mass is 35.5. The molecule has 2 aliphatic heterocycles. The zero-order valence-corrected chi connectivity index (χ0v) is 35.9. The smallest absolute Gasteiger partial charge is 0.258 e. The highest BCUT2D eigenvalue weighted by Gasteiger charge is 2.28. The van der Waals surface area contributed by atoms with Crippen LogP contribution in [0.1, 0.15) is 63.3 Å². The summed E-state index contributed by atoms with van der Waals surface area (Å²) in [6, 6.07) is 37.3. The van der Waals surface area contributed by atoms with E-state index in [0.29, 0.717) is 46.7 Å². The van der Waals surface area contributed by atoms with Crippen LogP contribution in [-0.4, -0.2) is 86.0 Å². The fourth-order valence-corrected chi connectivity index (χ4v) is 8.25. The predicted octanol–water partition coefficient (Wildman–Crippen LogP) is 7.82. The van der Waals surface area contributed by atoms with Crippen LogP contribution in [0.25, 0.3) is 21.8 Å². The van der Waals surface area contributed by atoms with Crippen molar-refractivity contribution in [1.29, 1.82) is 0 Å². The number of nitrogens with one attached hydrogen (secondary N) is 3. The van der Waals surface area contributed by atoms with Crippen molar-refractivity contribution in [3.63, 3.8) is 0 Å². The average molecular weight is 818 g/mol. The molecule has 4 heterocycles. The van der Waals surface area contributed by atoms with Crippen LogP contribution < -0.4 is 16.4 Å². The number of halogens is 1. The maximum atomic E-state index is 12.4. The third-order valence-corrected chi connectivity index (χ3v) is 11.1. The quantitative estimate of drug-likeness (QED) is 0.114. The number of aromatic amines is 2. The van der Waals surface area contributed by atoms with Gasteiger partial charge in [-0.3, -0.25) is 24.3 Å². The van der Waals surface area contributed by atoms with Crippen molar-refractivity contribution in [2.75, 3.05) is 39.3 Å². The van der Waals surface area contributed by atoms with Crippen molar-refractivity contribution in [1.82, 2.24) is 40.0 Å². The van der Waals surface area contributed by atoms with E-state index < -0.39 is 0 Å². The van der Waals surface area contributed by atoms with E-state index >= 15 is 0 Å². The molecule has 2 fully saturated rings. The van der Waals surface area contributed by atoms with Gasteiger partial charge in [0.05, 0.1) is 34.2 Å². The first kappa shape index (κ1) is 43.9. The van der Waals surface area contributed by atoms with Gasteiger partial charge in [-0.15, -0.1) is 11.6 Å². The summed E-state index contributed by atoms with van der Waals surface area (Å²) in [4.78, 5) is 45.9. The van der Waals surface area contributed by atoms with Crippen molar-refractivity contribution in [3.05, 3.63) is 153 Å². The van der Waals surface area contributed by atoms with Crippen LogP contribution in [0.4, 0.5) is 0 Å². The Labute approximate surface area is 354 Å². The monoisotopic (exact) mass is 816 g/mol. The molecule has 312 valence electrons. The fraction of sp³-hybridized carbons (Fsp3) is 0.417. The number of hydrogen-bond acceptors (Lipinski definition) is 8. The molecule has 0 radical (unpaired) electrons. The zero-order valence-electron chi connectivity index (χ0n) is 35.1. The molecule has 0 amide bonds. The van der Waals surface area contributed by atoms with E-state index in [4.69, 9.17) is 16.6 Å². The van der Waals surface area contributed by atoms with Gasteiger partial charge in [-0.1, -0.05) is 113 Å². The molecule has 2 saturated heterocycles. The number of fused-ring (bicyclic) bond motifs is 2. The first-order chi connectivity index (χ1) is 28.6. The lowest BCUT2D eigenvalue weighted by molar-refractivity contribution is 0.0514. The van der Waals surface area contributed by atoms with Crippen LogP contribution in [0.2, 0.25) is 0 Å². The number of rotatable bonds is 11. The molecule has 1 unspecified atom stereocenters. The molecule has 4 aromatic carbocycles. The Morgan fingerprint density at radius 3 is 1.68 bits per heavy atom. The lowest BCUT2D eigenvalue weighted by Gasteiger charge is -2.42. The molecule has 59 heavy (non-hydrogen) atoms. The van der Waals surface area contributed by atoms with Crippen molar-refractivity contribution in [3.8, 4) is 0 Å². The average Bonchev–Trinajstić information content (AvgIpc) is 3.23. The SMILES string of the molecule is CC(C)CC1CN(Cc2ccccc2)CCN1Cc1nc2ccccc2c(=O)[nH]1.CC(C)C[C@H]1CN(Cc2ccccc2)CCN1.O=c1[nH]c(CCl)nc2ccccc12. The van der Waals surface area contributed by atoms with Gasteiger partial charge in [0.2, 0.25) is 0 Å². The Hall–Kier alpha value is -4.71. The molecule has 10 nitrogen and oxygen atoms in total. The molecule has 11 heteroatoms. The zero-order chi connectivity index (χ0) is 41.6. The lowest BCUT2D eigenvalue weighted by atomic mass is 9.99. The third kappa shape index (κ3) is 13.4. The van der Waals surface area contributed by atoms with Crippen molar-refractivity contribution >= 4 is 33.4 Å². The summed E-state index contributed by atoms with van der Waals surface area (Å²) >= 11 is 5.57. The van der Waals surface area contributed by atoms with Gasteiger partial charge in [-0.2, -0.15) is 0 Å². The van der Waals surface area contributed by atoms with E-state index in [1.165, 1.54) is 30.6 Å². The highest BCUT2D eigenvalue weighted by molar-refractivity contribution is 6.16. The number of benzene rings is 4. The van der Waals surface area contributed by atoms with Crippen LogP contribution >= 0.6 is 11.6 Å². The molecule has 0 saturated carbocycles. The fourth-order valence-electron chi connectivity index (χ4n) is 8.13. The number of nitrogens with zero attached hydrogens (tertiary/aromatic N) is 5. The maximum Gasteiger partial charge on any atom is 0.258 e. The van der Waals surface area contributed by atoms with Crippen LogP contribution in [0.15, 0.2) is 119 Å². The summed E-state index contributed by atoms with van der Waals surface area (Å²) in [5.74, 6) is 2.90. The van der Waals surface area contributed by atoms with E-state index in [2.05, 4.69) is 123 Å². The summed E-state index contributed by atoms with van der Waals surface area (Å²) in [6.45, 7) is 18.5. The largest absolute Gasteiger partial charge is 0.311 e. The van der Waals surface area contributed by atoms with E-state index in [1.54, 1.807) is 18.2 Å². The first-order valence-electron chi connectivity index (χ1n) is 21.1. The van der Waals surface area contributed by atoms with Crippen LogP contribution in [-0.2, 0) is 25.5 Å². The standard InChI is InChI=1S/C24H30N4O.C15H24N2.C9H7ClN2O/c1-18(2)14-20-16-27(15-19-8-4-3-5-9-19)12-13-28(20)17-23-25-22-11-7-6-10-21(22)24(29)26-23;1-13(2)10-15-12-17(9-8-16-15)11-14-6-4-3-5-7-14;10-5-8-11-7-4-2-1-3-6(7)9(13)12-8/h3-11,18,20H,12-17H2,1-2H3,(H,25,26,29);3-7,13,15-16H,8-12H2,1-2H3;1-4H,5H2,(H,11,12,13)/t;15-;/m.0./s1. The summed E-state index contributed by atoms with van der Waals surface area (Å²) in [6.07, 6.45) is 2.42. The molecule has 2 aromatic heterocycles. The van der Waals surface area contributed by atoms with Crippen LogP contribution in [0, 0.1) is 11.8 Å². The Kier molecular flexibility index (Phi) is 16.4. The van der Waals surface area contributed by atoms with Gasteiger partial charge < -0.3 is 15.3 Å². The number of hydrogen-bond donors (Lipinski definition) is 3. The van der Waals surface area contributed by atoms with Gasteiger partial charge >= 0.3 is 0 Å². The Morgan fingerprint density at radius 1 is 0.610 bits per heavy atom. The number of alkyl halides is 1. The number of para-hydroxylation sites is 2. The molecule has 2 atom stereocenters. The first-order valence-corrected chi connectivity index (χ1v) is 21.7. The highest BCUT2D eigenvalue weighted by Crippen LogP contribution is 2.21. The summed E-state index contributed by atoms with van der Waals surface area (Å²) < 4.78 is 0. The summed E-state index contributed by atoms with van der Waals surface area (Å²) in [7, 11) is 0. The van der Waals surface area contributed by atoms with Gasteiger partial charge in [0.25, 0.3) is 11.1 Å². The van der Waals surface area contributed by atoms with Gasteiger partial charge in [0.1, 0.15) is 11.6 Å². The summed E-state index contributed by atoms with van der Waals surface area (Å²) in [5.41, 5.74) is 4.06. The van der Waals surface area contributed by atoms with Gasteiger partial charge in [-0.05, 0) is 60.1 Å². The van der Waals surface area contributed by atoms with Crippen molar-refractivity contribution in [2.24, 2.45) is 11.8 Å². The third-order valence-electron chi connectivity index (χ3n) is 10.8. The molecule has 2 aliphatic rings. The Bertz CT molecular complexity index is 2300. The summed E-state index contributed by atoms with van der Waals surface area (Å²) in [5, 5.41) is 4.87. The molecule has 6 aromatic rings. The van der Waals surface area contributed by atoms with E-state index in [1.807, 2.05) is 30.3 Å². The minimum absolute atomic E-state index is 0.0475.